The highest BCUT2D eigenvalue weighted by molar-refractivity contribution is 9.10. The summed E-state index contributed by atoms with van der Waals surface area (Å²) in [5.41, 5.74) is 3.60. The quantitative estimate of drug-likeness (QED) is 0.828. The molecular formula is C14H14BrN3S. The molecule has 19 heavy (non-hydrogen) atoms. The summed E-state index contributed by atoms with van der Waals surface area (Å²) in [7, 11) is 0. The second-order valence-corrected chi connectivity index (χ2v) is 5.88. The summed E-state index contributed by atoms with van der Waals surface area (Å²) in [6, 6.07) is 8.20. The number of fused-ring (bicyclic) bond motifs is 1. The van der Waals surface area contributed by atoms with E-state index in [0.717, 1.165) is 46.4 Å². The molecule has 2 aromatic rings. The van der Waals surface area contributed by atoms with E-state index in [4.69, 9.17) is 12.2 Å². The van der Waals surface area contributed by atoms with Crippen molar-refractivity contribution in [2.45, 2.75) is 19.4 Å². The number of rotatable bonds is 2. The zero-order chi connectivity index (χ0) is 13.2. The van der Waals surface area contributed by atoms with Gasteiger partial charge < -0.3 is 10.3 Å². The number of hydrogen-bond acceptors (Lipinski definition) is 3. The van der Waals surface area contributed by atoms with Crippen molar-refractivity contribution in [1.29, 1.82) is 0 Å². The van der Waals surface area contributed by atoms with E-state index in [-0.39, 0.29) is 0 Å². The smallest absolute Gasteiger partial charge is 0.134 e. The number of nitrogens with zero attached hydrogens (tertiary/aromatic N) is 1. The van der Waals surface area contributed by atoms with Crippen molar-refractivity contribution in [1.82, 2.24) is 15.3 Å². The maximum atomic E-state index is 5.39. The third kappa shape index (κ3) is 2.78. The van der Waals surface area contributed by atoms with Gasteiger partial charge in [0.1, 0.15) is 10.5 Å². The van der Waals surface area contributed by atoms with Gasteiger partial charge in [-0.25, -0.2) is 4.98 Å². The Labute approximate surface area is 125 Å². The first kappa shape index (κ1) is 13.0. The zero-order valence-corrected chi connectivity index (χ0v) is 12.8. The second kappa shape index (κ2) is 5.53. The summed E-state index contributed by atoms with van der Waals surface area (Å²) in [6.07, 6.45) is 1.76. The highest BCUT2D eigenvalue weighted by Crippen LogP contribution is 2.19. The van der Waals surface area contributed by atoms with E-state index < -0.39 is 0 Å². The zero-order valence-electron chi connectivity index (χ0n) is 10.4. The molecule has 0 amide bonds. The molecule has 1 aliphatic rings. The van der Waals surface area contributed by atoms with Gasteiger partial charge in [-0.1, -0.05) is 46.3 Å². The predicted molar refractivity (Wildman–Crippen MR) is 81.8 cm³/mol. The van der Waals surface area contributed by atoms with Crippen LogP contribution in [0.3, 0.4) is 0 Å². The minimum atomic E-state index is 0.725. The summed E-state index contributed by atoms with van der Waals surface area (Å²) in [5, 5.41) is 3.33. The van der Waals surface area contributed by atoms with Gasteiger partial charge >= 0.3 is 0 Å². The first-order valence-electron chi connectivity index (χ1n) is 6.29. The molecule has 98 valence electrons. The molecule has 3 rings (SSSR count). The average molecular weight is 336 g/mol. The molecule has 0 radical (unpaired) electrons. The van der Waals surface area contributed by atoms with Crippen LogP contribution < -0.4 is 5.32 Å². The van der Waals surface area contributed by atoms with Gasteiger partial charge in [0, 0.05) is 41.7 Å². The molecular weight excluding hydrogens is 322 g/mol. The van der Waals surface area contributed by atoms with Crippen LogP contribution in [0.4, 0.5) is 0 Å². The van der Waals surface area contributed by atoms with Gasteiger partial charge in [0.05, 0.1) is 0 Å². The summed E-state index contributed by atoms with van der Waals surface area (Å²) >= 11 is 8.96. The van der Waals surface area contributed by atoms with Gasteiger partial charge in [0.2, 0.25) is 0 Å². The molecule has 5 heteroatoms. The van der Waals surface area contributed by atoms with Crippen molar-refractivity contribution in [2.24, 2.45) is 0 Å². The molecule has 0 saturated carbocycles. The summed E-state index contributed by atoms with van der Waals surface area (Å²) in [4.78, 5) is 7.96. The van der Waals surface area contributed by atoms with Crippen LogP contribution >= 0.6 is 28.1 Å². The highest BCUT2D eigenvalue weighted by Gasteiger charge is 2.13. The van der Waals surface area contributed by atoms with Crippen LogP contribution in [0.1, 0.15) is 22.6 Å². The Morgan fingerprint density at radius 1 is 1.32 bits per heavy atom. The first-order chi connectivity index (χ1) is 9.24. The van der Waals surface area contributed by atoms with E-state index >= 15 is 0 Å². The van der Waals surface area contributed by atoms with E-state index in [1.165, 1.54) is 11.3 Å². The Morgan fingerprint density at radius 3 is 3.00 bits per heavy atom. The minimum absolute atomic E-state index is 0.725. The van der Waals surface area contributed by atoms with Crippen LogP contribution in [0.5, 0.6) is 0 Å². The monoisotopic (exact) mass is 335 g/mol. The molecule has 2 heterocycles. The van der Waals surface area contributed by atoms with Crippen molar-refractivity contribution in [2.75, 3.05) is 6.54 Å². The van der Waals surface area contributed by atoms with E-state index in [9.17, 15) is 0 Å². The fourth-order valence-corrected chi connectivity index (χ4v) is 3.06. The normalized spacial score (nSPS) is 14.2. The molecule has 1 aromatic heterocycles. The predicted octanol–water partition coefficient (Wildman–Crippen LogP) is 3.14. The van der Waals surface area contributed by atoms with Crippen molar-refractivity contribution in [3.63, 3.8) is 0 Å². The maximum absolute atomic E-state index is 5.39. The van der Waals surface area contributed by atoms with Gasteiger partial charge in [0.15, 0.2) is 0 Å². The lowest BCUT2D eigenvalue weighted by Crippen LogP contribution is -2.26. The van der Waals surface area contributed by atoms with Crippen LogP contribution in [0, 0.1) is 4.64 Å². The molecule has 2 N–H and O–H groups in total. The topological polar surface area (TPSA) is 40.7 Å². The second-order valence-electron chi connectivity index (χ2n) is 4.64. The molecule has 0 saturated heterocycles. The standard InChI is InChI=1S/C14H14BrN3S/c15-11-4-2-1-3-9(11)7-13-17-12-5-6-16-8-10(12)14(19)18-13/h1-4,16H,5-8H2,(H,17,18,19). The molecule has 1 aliphatic heterocycles. The number of H-pyrrole nitrogens is 1. The van der Waals surface area contributed by atoms with Crippen LogP contribution in [-0.2, 0) is 19.4 Å². The summed E-state index contributed by atoms with van der Waals surface area (Å²) in [5.74, 6) is 0.942. The third-order valence-corrected chi connectivity index (χ3v) is 4.43. The van der Waals surface area contributed by atoms with Crippen molar-refractivity contribution < 1.29 is 0 Å². The van der Waals surface area contributed by atoms with Crippen molar-refractivity contribution in [3.8, 4) is 0 Å². The van der Waals surface area contributed by atoms with Gasteiger partial charge in [-0.15, -0.1) is 0 Å². The molecule has 0 bridgehead atoms. The Balaban J connectivity index is 1.96. The summed E-state index contributed by atoms with van der Waals surface area (Å²) < 4.78 is 1.83. The number of aromatic nitrogens is 2. The van der Waals surface area contributed by atoms with Gasteiger partial charge in [-0.05, 0) is 11.6 Å². The molecule has 0 fully saturated rings. The van der Waals surface area contributed by atoms with Gasteiger partial charge in [-0.3, -0.25) is 0 Å². The van der Waals surface area contributed by atoms with Gasteiger partial charge in [-0.2, -0.15) is 0 Å². The molecule has 0 spiro atoms. The lowest BCUT2D eigenvalue weighted by molar-refractivity contribution is 0.618. The van der Waals surface area contributed by atoms with Crippen LogP contribution in [0.2, 0.25) is 0 Å². The highest BCUT2D eigenvalue weighted by atomic mass is 79.9. The maximum Gasteiger partial charge on any atom is 0.134 e. The van der Waals surface area contributed by atoms with Crippen LogP contribution in [0.15, 0.2) is 28.7 Å². The lowest BCUT2D eigenvalue weighted by atomic mass is 10.1. The fourth-order valence-electron chi connectivity index (χ4n) is 2.33. The molecule has 3 nitrogen and oxygen atoms in total. The van der Waals surface area contributed by atoms with E-state index in [1.54, 1.807) is 0 Å². The minimum Gasteiger partial charge on any atom is -0.346 e. The summed E-state index contributed by atoms with van der Waals surface area (Å²) in [6.45, 7) is 1.82. The number of nitrogens with one attached hydrogen (secondary N) is 2. The lowest BCUT2D eigenvalue weighted by Gasteiger charge is -2.17. The van der Waals surface area contributed by atoms with Crippen LogP contribution in [0.25, 0.3) is 0 Å². The Kier molecular flexibility index (Phi) is 3.77. The SMILES string of the molecule is S=c1nc(Cc2ccccc2Br)[nH]c2c1CNCC2. The van der Waals surface area contributed by atoms with Crippen molar-refractivity contribution >= 4 is 28.1 Å². The number of halogens is 1. The number of aromatic amines is 1. The van der Waals surface area contributed by atoms with E-state index in [0.29, 0.717) is 0 Å². The molecule has 0 aliphatic carbocycles. The fraction of sp³-hybridized carbons (Fsp3) is 0.286. The number of hydrogen-bond donors (Lipinski definition) is 2. The molecule has 0 unspecified atom stereocenters. The molecule has 1 aromatic carbocycles. The Morgan fingerprint density at radius 2 is 2.16 bits per heavy atom. The Bertz CT molecular complexity index is 666. The average Bonchev–Trinajstić information content (AvgIpc) is 2.42. The number of benzene rings is 1. The Hall–Kier alpha value is -1.04. The van der Waals surface area contributed by atoms with Crippen LogP contribution in [-0.4, -0.2) is 16.5 Å². The molecule has 0 atom stereocenters. The first-order valence-corrected chi connectivity index (χ1v) is 7.49. The van der Waals surface area contributed by atoms with Gasteiger partial charge in [0.25, 0.3) is 0 Å². The third-order valence-electron chi connectivity index (χ3n) is 3.32. The van der Waals surface area contributed by atoms with E-state index in [2.05, 4.69) is 37.3 Å². The largest absolute Gasteiger partial charge is 0.346 e. The van der Waals surface area contributed by atoms with Crippen molar-refractivity contribution in [3.05, 3.63) is 56.0 Å². The van der Waals surface area contributed by atoms with E-state index in [1.807, 2.05) is 18.2 Å².